The fraction of sp³-hybridized carbons (Fsp3) is 0.818. The minimum absolute atomic E-state index is 0.257. The van der Waals surface area contributed by atoms with E-state index in [0.717, 1.165) is 13.0 Å². The molecule has 1 N–H and O–H groups in total. The van der Waals surface area contributed by atoms with E-state index in [4.69, 9.17) is 6.42 Å². The summed E-state index contributed by atoms with van der Waals surface area (Å²) in [5.41, 5.74) is 0.403. The zero-order chi connectivity index (χ0) is 9.61. The van der Waals surface area contributed by atoms with Crippen LogP contribution in [0.4, 0.5) is 0 Å². The van der Waals surface area contributed by atoms with Gasteiger partial charge in [0.05, 0.1) is 6.04 Å². The third kappa shape index (κ3) is 6.24. The van der Waals surface area contributed by atoms with E-state index in [2.05, 4.69) is 38.9 Å². The highest BCUT2D eigenvalue weighted by Crippen LogP contribution is 2.17. The molecule has 70 valence electrons. The van der Waals surface area contributed by atoms with Gasteiger partial charge in [0.1, 0.15) is 0 Å². The molecule has 0 aliphatic heterocycles. The topological polar surface area (TPSA) is 12.0 Å². The molecule has 1 heteroatoms. The molecule has 1 nitrogen and oxygen atoms in total. The van der Waals surface area contributed by atoms with E-state index in [0.29, 0.717) is 5.41 Å². The van der Waals surface area contributed by atoms with E-state index < -0.39 is 0 Å². The maximum atomic E-state index is 5.32. The third-order valence-corrected chi connectivity index (χ3v) is 1.88. The Kier molecular flexibility index (Phi) is 5.01. The van der Waals surface area contributed by atoms with Gasteiger partial charge >= 0.3 is 0 Å². The van der Waals surface area contributed by atoms with Gasteiger partial charge in [-0.2, -0.15) is 0 Å². The number of hydrogen-bond donors (Lipinski definition) is 1. The number of hydrogen-bond acceptors (Lipinski definition) is 1. The van der Waals surface area contributed by atoms with E-state index in [1.165, 1.54) is 6.42 Å². The molecule has 0 aromatic heterocycles. The maximum Gasteiger partial charge on any atom is 0.0684 e. The minimum Gasteiger partial charge on any atom is -0.304 e. The highest BCUT2D eigenvalue weighted by atomic mass is 14.9. The first-order valence-electron chi connectivity index (χ1n) is 4.69. The molecule has 0 heterocycles. The summed E-state index contributed by atoms with van der Waals surface area (Å²) in [6.07, 6.45) is 7.51. The summed E-state index contributed by atoms with van der Waals surface area (Å²) in [6, 6.07) is 0.257. The molecule has 0 amide bonds. The van der Waals surface area contributed by atoms with Crippen LogP contribution < -0.4 is 5.32 Å². The van der Waals surface area contributed by atoms with Crippen molar-refractivity contribution in [1.29, 1.82) is 0 Å². The molecule has 0 bridgehead atoms. The summed E-state index contributed by atoms with van der Waals surface area (Å²) in [4.78, 5) is 0. The van der Waals surface area contributed by atoms with Crippen LogP contribution in [0.15, 0.2) is 0 Å². The van der Waals surface area contributed by atoms with Crippen LogP contribution in [-0.2, 0) is 0 Å². The number of terminal acetylenes is 1. The fourth-order valence-electron chi connectivity index (χ4n) is 0.943. The SMILES string of the molecule is C#CC(CC)NCCC(C)(C)C. The highest BCUT2D eigenvalue weighted by molar-refractivity contribution is 4.97. The molecule has 1 atom stereocenters. The number of rotatable bonds is 4. The Morgan fingerprint density at radius 2 is 2.00 bits per heavy atom. The van der Waals surface area contributed by atoms with Gasteiger partial charge in [0.25, 0.3) is 0 Å². The summed E-state index contributed by atoms with van der Waals surface area (Å²) in [6.45, 7) is 9.85. The standard InChI is InChI=1S/C11H21N/c1-6-10(7-2)12-9-8-11(3,4)5/h1,10,12H,7-9H2,2-5H3. The first-order valence-corrected chi connectivity index (χ1v) is 4.69. The Balaban J connectivity index is 3.50. The summed E-state index contributed by atoms with van der Waals surface area (Å²) in [5.74, 6) is 2.73. The number of nitrogens with one attached hydrogen (secondary N) is 1. The van der Waals surface area contributed by atoms with Gasteiger partial charge in [0, 0.05) is 0 Å². The van der Waals surface area contributed by atoms with E-state index in [1.807, 2.05) is 0 Å². The lowest BCUT2D eigenvalue weighted by molar-refractivity contribution is 0.361. The van der Waals surface area contributed by atoms with Crippen molar-refractivity contribution in [2.24, 2.45) is 5.41 Å². The largest absolute Gasteiger partial charge is 0.304 e. The monoisotopic (exact) mass is 167 g/mol. The van der Waals surface area contributed by atoms with Crippen molar-refractivity contribution in [3.63, 3.8) is 0 Å². The Hall–Kier alpha value is -0.480. The average Bonchev–Trinajstić information content (AvgIpc) is 1.96. The van der Waals surface area contributed by atoms with Crippen LogP contribution in [0.25, 0.3) is 0 Å². The summed E-state index contributed by atoms with van der Waals surface area (Å²) >= 11 is 0. The van der Waals surface area contributed by atoms with E-state index in [9.17, 15) is 0 Å². The maximum absolute atomic E-state index is 5.32. The van der Waals surface area contributed by atoms with Gasteiger partial charge in [-0.25, -0.2) is 0 Å². The van der Waals surface area contributed by atoms with Crippen molar-refractivity contribution in [3.8, 4) is 12.3 Å². The molecule has 0 radical (unpaired) electrons. The minimum atomic E-state index is 0.257. The Bertz CT molecular complexity index is 147. The lowest BCUT2D eigenvalue weighted by atomic mass is 9.92. The van der Waals surface area contributed by atoms with Crippen LogP contribution in [0.2, 0.25) is 0 Å². The van der Waals surface area contributed by atoms with Crippen LogP contribution in [0.1, 0.15) is 40.5 Å². The Morgan fingerprint density at radius 1 is 1.42 bits per heavy atom. The van der Waals surface area contributed by atoms with Crippen LogP contribution in [-0.4, -0.2) is 12.6 Å². The van der Waals surface area contributed by atoms with Gasteiger partial charge in [0.15, 0.2) is 0 Å². The molecule has 1 unspecified atom stereocenters. The summed E-state index contributed by atoms with van der Waals surface area (Å²) in [5, 5.41) is 3.34. The van der Waals surface area contributed by atoms with Crippen LogP contribution in [0, 0.1) is 17.8 Å². The zero-order valence-corrected chi connectivity index (χ0v) is 8.78. The van der Waals surface area contributed by atoms with Crippen LogP contribution >= 0.6 is 0 Å². The van der Waals surface area contributed by atoms with E-state index in [-0.39, 0.29) is 6.04 Å². The van der Waals surface area contributed by atoms with Crippen LogP contribution in [0.3, 0.4) is 0 Å². The molecule has 0 aromatic rings. The average molecular weight is 167 g/mol. The van der Waals surface area contributed by atoms with Gasteiger partial charge < -0.3 is 5.32 Å². The van der Waals surface area contributed by atoms with Crippen molar-refractivity contribution in [2.75, 3.05) is 6.54 Å². The summed E-state index contributed by atoms with van der Waals surface area (Å²) < 4.78 is 0. The van der Waals surface area contributed by atoms with Gasteiger partial charge in [-0.15, -0.1) is 6.42 Å². The second kappa shape index (κ2) is 5.22. The van der Waals surface area contributed by atoms with Crippen molar-refractivity contribution < 1.29 is 0 Å². The zero-order valence-electron chi connectivity index (χ0n) is 8.78. The second-order valence-corrected chi connectivity index (χ2v) is 4.39. The van der Waals surface area contributed by atoms with Crippen molar-refractivity contribution >= 4 is 0 Å². The predicted octanol–water partition coefficient (Wildman–Crippen LogP) is 2.42. The molecular weight excluding hydrogens is 146 g/mol. The molecule has 0 saturated carbocycles. The fourth-order valence-corrected chi connectivity index (χ4v) is 0.943. The third-order valence-electron chi connectivity index (χ3n) is 1.88. The molecule has 0 aromatic carbocycles. The summed E-state index contributed by atoms with van der Waals surface area (Å²) in [7, 11) is 0. The van der Waals surface area contributed by atoms with Crippen LogP contribution in [0.5, 0.6) is 0 Å². The van der Waals surface area contributed by atoms with Crippen molar-refractivity contribution in [3.05, 3.63) is 0 Å². The lowest BCUT2D eigenvalue weighted by Crippen LogP contribution is -2.29. The lowest BCUT2D eigenvalue weighted by Gasteiger charge is -2.19. The molecule has 0 spiro atoms. The van der Waals surface area contributed by atoms with Gasteiger partial charge in [-0.3, -0.25) is 0 Å². The van der Waals surface area contributed by atoms with Gasteiger partial charge in [-0.1, -0.05) is 33.6 Å². The Labute approximate surface area is 76.9 Å². The van der Waals surface area contributed by atoms with E-state index >= 15 is 0 Å². The van der Waals surface area contributed by atoms with Gasteiger partial charge in [0.2, 0.25) is 0 Å². The highest BCUT2D eigenvalue weighted by Gasteiger charge is 2.09. The van der Waals surface area contributed by atoms with Crippen molar-refractivity contribution in [2.45, 2.75) is 46.6 Å². The van der Waals surface area contributed by atoms with E-state index in [1.54, 1.807) is 0 Å². The smallest absolute Gasteiger partial charge is 0.0684 e. The molecule has 0 rings (SSSR count). The molecule has 0 aliphatic carbocycles. The first kappa shape index (κ1) is 11.5. The molecule has 0 saturated heterocycles. The normalized spacial score (nSPS) is 13.9. The predicted molar refractivity (Wildman–Crippen MR) is 55.0 cm³/mol. The quantitative estimate of drug-likeness (QED) is 0.634. The molecule has 0 fully saturated rings. The molecule has 12 heavy (non-hydrogen) atoms. The van der Waals surface area contributed by atoms with Crippen molar-refractivity contribution in [1.82, 2.24) is 5.32 Å². The Morgan fingerprint density at radius 3 is 2.33 bits per heavy atom. The molecular formula is C11H21N. The first-order chi connectivity index (χ1) is 5.49. The second-order valence-electron chi connectivity index (χ2n) is 4.39. The van der Waals surface area contributed by atoms with Gasteiger partial charge in [-0.05, 0) is 24.8 Å². The molecule has 0 aliphatic rings.